The molecule has 0 radical (unpaired) electrons. The predicted octanol–water partition coefficient (Wildman–Crippen LogP) is -0.877. The monoisotopic (exact) mass is 196 g/mol. The second kappa shape index (κ2) is 4.98. The van der Waals surface area contributed by atoms with E-state index in [2.05, 4.69) is 25.9 Å². The fraction of sp³-hybridized carbons (Fsp3) is 0.455. The van der Waals surface area contributed by atoms with Crippen molar-refractivity contribution in [3.63, 3.8) is 0 Å². The van der Waals surface area contributed by atoms with Crippen LogP contribution in [0.2, 0.25) is 0 Å². The lowest BCUT2D eigenvalue weighted by molar-refractivity contribution is -0.899. The predicted molar refractivity (Wildman–Crippen MR) is 56.3 cm³/mol. The largest absolute Gasteiger partial charge is 0.496 e. The average molecular weight is 196 g/mol. The molecule has 78 valence electrons. The van der Waals surface area contributed by atoms with Crippen molar-refractivity contribution in [2.75, 3.05) is 27.7 Å². The minimum Gasteiger partial charge on any atom is -0.496 e. The highest BCUT2D eigenvalue weighted by atomic mass is 16.5. The van der Waals surface area contributed by atoms with Crippen molar-refractivity contribution >= 4 is 0 Å². The molecule has 0 saturated carbocycles. The number of hydrogen-bond donors (Lipinski definition) is 2. The molecule has 1 atom stereocenters. The van der Waals surface area contributed by atoms with E-state index in [1.54, 1.807) is 7.11 Å². The van der Waals surface area contributed by atoms with Crippen molar-refractivity contribution in [3.05, 3.63) is 29.8 Å². The molecule has 0 aliphatic heterocycles. The lowest BCUT2D eigenvalue weighted by atomic mass is 10.1. The molecule has 0 unspecified atom stereocenters. The van der Waals surface area contributed by atoms with E-state index < -0.39 is 0 Å². The third-order valence-corrected chi connectivity index (χ3v) is 2.50. The van der Waals surface area contributed by atoms with E-state index in [4.69, 9.17) is 4.74 Å². The quantitative estimate of drug-likeness (QED) is 0.645. The van der Waals surface area contributed by atoms with Crippen molar-refractivity contribution < 1.29 is 15.4 Å². The number of rotatable bonds is 4. The lowest BCUT2D eigenvalue weighted by Crippen LogP contribution is -3.07. The van der Waals surface area contributed by atoms with Gasteiger partial charge in [0.15, 0.2) is 6.04 Å². The van der Waals surface area contributed by atoms with Crippen molar-refractivity contribution in [1.82, 2.24) is 0 Å². The van der Waals surface area contributed by atoms with Gasteiger partial charge < -0.3 is 15.4 Å². The topological polar surface area (TPSA) is 41.3 Å². The lowest BCUT2D eigenvalue weighted by Gasteiger charge is -2.20. The molecule has 1 aromatic carbocycles. The third-order valence-electron chi connectivity index (χ3n) is 2.50. The van der Waals surface area contributed by atoms with Gasteiger partial charge in [0.25, 0.3) is 0 Å². The molecule has 0 spiro atoms. The van der Waals surface area contributed by atoms with Crippen LogP contribution in [0.15, 0.2) is 24.3 Å². The maximum atomic E-state index is 5.34. The molecule has 0 bridgehead atoms. The highest BCUT2D eigenvalue weighted by Gasteiger charge is 2.21. The molecule has 0 amide bonds. The van der Waals surface area contributed by atoms with Crippen molar-refractivity contribution in [3.8, 4) is 5.75 Å². The van der Waals surface area contributed by atoms with Crippen LogP contribution in [-0.4, -0.2) is 27.7 Å². The molecule has 3 nitrogen and oxygen atoms in total. The molecular formula is C11H20N2O+2. The Balaban J connectivity index is 3.02. The first kappa shape index (κ1) is 11.0. The van der Waals surface area contributed by atoms with E-state index in [0.29, 0.717) is 6.04 Å². The maximum absolute atomic E-state index is 5.34. The molecular weight excluding hydrogens is 176 g/mol. The number of ether oxygens (including phenoxy) is 1. The first-order valence-electron chi connectivity index (χ1n) is 4.93. The minimum absolute atomic E-state index is 0.408. The number of benzene rings is 1. The molecule has 0 fully saturated rings. The van der Waals surface area contributed by atoms with E-state index in [1.807, 2.05) is 18.2 Å². The summed E-state index contributed by atoms with van der Waals surface area (Å²) in [7, 11) is 5.99. The highest BCUT2D eigenvalue weighted by molar-refractivity contribution is 5.34. The minimum atomic E-state index is 0.408. The average Bonchev–Trinajstić information content (AvgIpc) is 2.19. The van der Waals surface area contributed by atoms with Gasteiger partial charge in [0.05, 0.1) is 26.8 Å². The Morgan fingerprint density at radius 2 is 2.00 bits per heavy atom. The Hall–Kier alpha value is -1.06. The summed E-state index contributed by atoms with van der Waals surface area (Å²) >= 11 is 0. The summed E-state index contributed by atoms with van der Waals surface area (Å²) in [6.07, 6.45) is 0. The van der Waals surface area contributed by atoms with Gasteiger partial charge in [-0.25, -0.2) is 0 Å². The summed E-state index contributed by atoms with van der Waals surface area (Å²) in [5.41, 5.74) is 5.22. The number of methoxy groups -OCH3 is 1. The Labute approximate surface area is 85.5 Å². The van der Waals surface area contributed by atoms with Crippen LogP contribution in [-0.2, 0) is 0 Å². The van der Waals surface area contributed by atoms with Crippen LogP contribution in [0.5, 0.6) is 5.75 Å². The molecule has 3 heteroatoms. The molecule has 1 aromatic rings. The SMILES string of the molecule is COc1ccccc1[C@@H](C[NH3+])[NH+](C)C. The molecule has 0 aromatic heterocycles. The van der Waals surface area contributed by atoms with Crippen LogP contribution in [0.25, 0.3) is 0 Å². The maximum Gasteiger partial charge on any atom is 0.166 e. The van der Waals surface area contributed by atoms with Gasteiger partial charge in [-0.1, -0.05) is 12.1 Å². The third kappa shape index (κ3) is 2.25. The standard InChI is InChI=1S/C11H18N2O/c1-13(2)10(8-12)9-6-4-5-7-11(9)14-3/h4-7,10H,8,12H2,1-3H3/p+2/t10-/m1/s1. The molecule has 14 heavy (non-hydrogen) atoms. The Bertz CT molecular complexity index is 286. The first-order chi connectivity index (χ1) is 6.70. The molecule has 4 N–H and O–H groups in total. The van der Waals surface area contributed by atoms with Crippen LogP contribution >= 0.6 is 0 Å². The van der Waals surface area contributed by atoms with Crippen LogP contribution in [0.4, 0.5) is 0 Å². The zero-order valence-electron chi connectivity index (χ0n) is 9.21. The summed E-state index contributed by atoms with van der Waals surface area (Å²) in [6.45, 7) is 0.878. The molecule has 1 rings (SSSR count). The fourth-order valence-electron chi connectivity index (χ4n) is 1.71. The highest BCUT2D eigenvalue weighted by Crippen LogP contribution is 2.21. The van der Waals surface area contributed by atoms with Gasteiger partial charge in [-0.15, -0.1) is 0 Å². The molecule has 0 saturated heterocycles. The first-order valence-corrected chi connectivity index (χ1v) is 4.93. The number of quaternary nitrogens is 2. The van der Waals surface area contributed by atoms with Gasteiger partial charge >= 0.3 is 0 Å². The second-order valence-corrected chi connectivity index (χ2v) is 3.66. The zero-order valence-corrected chi connectivity index (χ0v) is 9.21. The van der Waals surface area contributed by atoms with Gasteiger partial charge in [0.2, 0.25) is 0 Å². The van der Waals surface area contributed by atoms with Gasteiger partial charge in [-0.2, -0.15) is 0 Å². The molecule has 0 aliphatic rings. The zero-order chi connectivity index (χ0) is 10.6. The van der Waals surface area contributed by atoms with Crippen molar-refractivity contribution in [2.45, 2.75) is 6.04 Å². The van der Waals surface area contributed by atoms with E-state index in [0.717, 1.165) is 12.3 Å². The summed E-state index contributed by atoms with van der Waals surface area (Å²) < 4.78 is 5.34. The van der Waals surface area contributed by atoms with Gasteiger partial charge in [-0.05, 0) is 12.1 Å². The van der Waals surface area contributed by atoms with Crippen molar-refractivity contribution in [1.29, 1.82) is 0 Å². The second-order valence-electron chi connectivity index (χ2n) is 3.66. The van der Waals surface area contributed by atoms with E-state index in [9.17, 15) is 0 Å². The van der Waals surface area contributed by atoms with Gasteiger partial charge in [-0.3, -0.25) is 0 Å². The Kier molecular flexibility index (Phi) is 3.92. The van der Waals surface area contributed by atoms with Crippen LogP contribution in [0.1, 0.15) is 11.6 Å². The Morgan fingerprint density at radius 3 is 2.50 bits per heavy atom. The van der Waals surface area contributed by atoms with E-state index >= 15 is 0 Å². The molecule has 0 heterocycles. The van der Waals surface area contributed by atoms with Gasteiger partial charge in [0, 0.05) is 0 Å². The smallest absolute Gasteiger partial charge is 0.166 e. The Morgan fingerprint density at radius 1 is 1.36 bits per heavy atom. The van der Waals surface area contributed by atoms with Crippen LogP contribution in [0, 0.1) is 0 Å². The normalized spacial score (nSPS) is 12.9. The summed E-state index contributed by atoms with van der Waals surface area (Å²) in [4.78, 5) is 1.38. The van der Waals surface area contributed by atoms with Crippen LogP contribution < -0.4 is 15.4 Å². The number of nitrogens with one attached hydrogen (secondary N) is 1. The van der Waals surface area contributed by atoms with E-state index in [1.165, 1.54) is 10.5 Å². The molecule has 0 aliphatic carbocycles. The summed E-state index contributed by atoms with van der Waals surface area (Å²) in [5.74, 6) is 0.961. The van der Waals surface area contributed by atoms with Crippen LogP contribution in [0.3, 0.4) is 0 Å². The summed E-state index contributed by atoms with van der Waals surface area (Å²) in [5, 5.41) is 0. The fourth-order valence-corrected chi connectivity index (χ4v) is 1.71. The van der Waals surface area contributed by atoms with Gasteiger partial charge in [0.1, 0.15) is 12.3 Å². The number of likely N-dealkylation sites (N-methyl/N-ethyl adjacent to an activating group) is 1. The number of para-hydroxylation sites is 1. The summed E-state index contributed by atoms with van der Waals surface area (Å²) in [6, 6.07) is 8.56. The van der Waals surface area contributed by atoms with Crippen molar-refractivity contribution in [2.24, 2.45) is 0 Å². The van der Waals surface area contributed by atoms with E-state index in [-0.39, 0.29) is 0 Å². The number of hydrogen-bond acceptors (Lipinski definition) is 1.